The molecule has 1 amide bonds. The molecule has 0 aromatic rings. The third kappa shape index (κ3) is 4.65. The Balaban J connectivity index is 2.30. The van der Waals surface area contributed by atoms with Crippen LogP contribution in [0.1, 0.15) is 47.0 Å². The van der Waals surface area contributed by atoms with E-state index in [0.29, 0.717) is 6.42 Å². The molecule has 0 radical (unpaired) electrons. The van der Waals surface area contributed by atoms with E-state index >= 15 is 0 Å². The fraction of sp³-hybridized carbons (Fsp3) is 0.917. The van der Waals surface area contributed by atoms with Crippen molar-refractivity contribution in [2.45, 2.75) is 59.1 Å². The number of ether oxygens (including phenoxy) is 1. The summed E-state index contributed by atoms with van der Waals surface area (Å²) in [7, 11) is 0. The van der Waals surface area contributed by atoms with Gasteiger partial charge < -0.3 is 10.1 Å². The van der Waals surface area contributed by atoms with Gasteiger partial charge in [0.2, 0.25) is 5.91 Å². The maximum Gasteiger partial charge on any atom is 0.220 e. The molecule has 88 valence electrons. The van der Waals surface area contributed by atoms with Gasteiger partial charge in [-0.25, -0.2) is 0 Å². The lowest BCUT2D eigenvalue weighted by molar-refractivity contribution is -0.124. The van der Waals surface area contributed by atoms with Gasteiger partial charge in [-0.05, 0) is 25.2 Å². The summed E-state index contributed by atoms with van der Waals surface area (Å²) in [6, 6.07) is 0.141. The van der Waals surface area contributed by atoms with E-state index in [4.69, 9.17) is 4.74 Å². The average molecular weight is 213 g/mol. The maximum absolute atomic E-state index is 11.7. The van der Waals surface area contributed by atoms with Gasteiger partial charge in [0.15, 0.2) is 0 Å². The lowest BCUT2D eigenvalue weighted by Gasteiger charge is -2.23. The Labute approximate surface area is 92.6 Å². The summed E-state index contributed by atoms with van der Waals surface area (Å²) < 4.78 is 5.53. The topological polar surface area (TPSA) is 38.3 Å². The van der Waals surface area contributed by atoms with Gasteiger partial charge in [0.1, 0.15) is 0 Å². The predicted molar refractivity (Wildman–Crippen MR) is 60.7 cm³/mol. The highest BCUT2D eigenvalue weighted by molar-refractivity contribution is 5.76. The van der Waals surface area contributed by atoms with Crippen LogP contribution < -0.4 is 5.32 Å². The van der Waals surface area contributed by atoms with Crippen LogP contribution >= 0.6 is 0 Å². The third-order valence-electron chi connectivity index (χ3n) is 2.60. The largest absolute Gasteiger partial charge is 0.376 e. The van der Waals surface area contributed by atoms with Crippen LogP contribution in [0, 0.1) is 5.41 Å². The summed E-state index contributed by atoms with van der Waals surface area (Å²) >= 11 is 0. The SMILES string of the molecule is C[C@H](NC(=O)CC(C)(C)C)[C@@H]1CCCO1. The fourth-order valence-electron chi connectivity index (χ4n) is 1.88. The van der Waals surface area contributed by atoms with Crippen LogP contribution in [0.5, 0.6) is 0 Å². The second-order valence-electron chi connectivity index (χ2n) is 5.65. The highest BCUT2D eigenvalue weighted by Crippen LogP contribution is 2.19. The number of rotatable bonds is 3. The van der Waals surface area contributed by atoms with Crippen molar-refractivity contribution in [1.29, 1.82) is 0 Å². The fourth-order valence-corrected chi connectivity index (χ4v) is 1.88. The molecule has 1 fully saturated rings. The number of hydrogen-bond donors (Lipinski definition) is 1. The van der Waals surface area contributed by atoms with E-state index < -0.39 is 0 Å². The average Bonchev–Trinajstić information content (AvgIpc) is 2.50. The van der Waals surface area contributed by atoms with E-state index in [1.54, 1.807) is 0 Å². The summed E-state index contributed by atoms with van der Waals surface area (Å²) in [5.74, 6) is 0.130. The van der Waals surface area contributed by atoms with Gasteiger partial charge in [-0.1, -0.05) is 20.8 Å². The normalized spacial score (nSPS) is 23.9. The van der Waals surface area contributed by atoms with E-state index in [1.165, 1.54) is 0 Å². The molecule has 0 unspecified atom stereocenters. The van der Waals surface area contributed by atoms with E-state index in [1.807, 2.05) is 6.92 Å². The van der Waals surface area contributed by atoms with Crippen LogP contribution in [0.15, 0.2) is 0 Å². The molecule has 0 saturated carbocycles. The van der Waals surface area contributed by atoms with Gasteiger partial charge in [-0.2, -0.15) is 0 Å². The Morgan fingerprint density at radius 1 is 1.53 bits per heavy atom. The Hall–Kier alpha value is -0.570. The minimum Gasteiger partial charge on any atom is -0.376 e. The van der Waals surface area contributed by atoms with Gasteiger partial charge >= 0.3 is 0 Å². The van der Waals surface area contributed by atoms with Crippen molar-refractivity contribution in [3.05, 3.63) is 0 Å². The highest BCUT2D eigenvalue weighted by Gasteiger charge is 2.25. The lowest BCUT2D eigenvalue weighted by atomic mass is 9.92. The molecule has 1 saturated heterocycles. The van der Waals surface area contributed by atoms with Crippen LogP contribution in [-0.2, 0) is 9.53 Å². The molecule has 15 heavy (non-hydrogen) atoms. The second kappa shape index (κ2) is 4.97. The van der Waals surface area contributed by atoms with Gasteiger partial charge in [0, 0.05) is 13.0 Å². The maximum atomic E-state index is 11.7. The van der Waals surface area contributed by atoms with Gasteiger partial charge in [-0.3, -0.25) is 4.79 Å². The van der Waals surface area contributed by atoms with Crippen LogP contribution in [0.2, 0.25) is 0 Å². The Bertz CT molecular complexity index is 214. The number of amides is 1. The molecule has 1 rings (SSSR count). The quantitative estimate of drug-likeness (QED) is 0.779. The first-order valence-corrected chi connectivity index (χ1v) is 5.79. The standard InChI is InChI=1S/C12H23NO2/c1-9(10-6-5-7-15-10)13-11(14)8-12(2,3)4/h9-10H,5-8H2,1-4H3,(H,13,14)/t9-,10-/m0/s1. The minimum atomic E-state index is 0.0559. The Morgan fingerprint density at radius 2 is 2.20 bits per heavy atom. The van der Waals surface area contributed by atoms with Crippen LogP contribution in [0.3, 0.4) is 0 Å². The molecular formula is C12H23NO2. The first kappa shape index (κ1) is 12.5. The molecule has 3 heteroatoms. The molecule has 0 aromatic heterocycles. The number of carbonyl (C=O) groups is 1. The Morgan fingerprint density at radius 3 is 2.67 bits per heavy atom. The van der Waals surface area contributed by atoms with E-state index in [2.05, 4.69) is 26.1 Å². The molecule has 1 aliphatic heterocycles. The third-order valence-corrected chi connectivity index (χ3v) is 2.60. The monoisotopic (exact) mass is 213 g/mol. The van der Waals surface area contributed by atoms with E-state index in [0.717, 1.165) is 19.4 Å². The summed E-state index contributed by atoms with van der Waals surface area (Å²) in [6.07, 6.45) is 2.97. The van der Waals surface area contributed by atoms with Crippen LogP contribution in [0.4, 0.5) is 0 Å². The summed E-state index contributed by atoms with van der Waals surface area (Å²) in [5, 5.41) is 3.01. The van der Waals surface area contributed by atoms with Crippen molar-refractivity contribution in [2.24, 2.45) is 5.41 Å². The minimum absolute atomic E-state index is 0.0559. The molecule has 3 nitrogen and oxygen atoms in total. The van der Waals surface area contributed by atoms with Crippen molar-refractivity contribution in [3.8, 4) is 0 Å². The van der Waals surface area contributed by atoms with Gasteiger partial charge in [0.25, 0.3) is 0 Å². The van der Waals surface area contributed by atoms with Crippen molar-refractivity contribution < 1.29 is 9.53 Å². The van der Waals surface area contributed by atoms with Gasteiger partial charge in [0.05, 0.1) is 12.1 Å². The van der Waals surface area contributed by atoms with Crippen molar-refractivity contribution in [1.82, 2.24) is 5.32 Å². The van der Waals surface area contributed by atoms with E-state index in [-0.39, 0.29) is 23.5 Å². The molecule has 0 bridgehead atoms. The smallest absolute Gasteiger partial charge is 0.220 e. The zero-order chi connectivity index (χ0) is 11.5. The molecule has 0 spiro atoms. The second-order valence-corrected chi connectivity index (χ2v) is 5.65. The first-order valence-electron chi connectivity index (χ1n) is 5.79. The molecule has 1 heterocycles. The number of nitrogens with one attached hydrogen (secondary N) is 1. The predicted octanol–water partition coefficient (Wildman–Crippen LogP) is 2.11. The Kier molecular flexibility index (Phi) is 4.14. The van der Waals surface area contributed by atoms with Crippen LogP contribution in [0.25, 0.3) is 0 Å². The number of carbonyl (C=O) groups excluding carboxylic acids is 1. The molecule has 0 aliphatic carbocycles. The van der Waals surface area contributed by atoms with Gasteiger partial charge in [-0.15, -0.1) is 0 Å². The zero-order valence-electron chi connectivity index (χ0n) is 10.3. The first-order chi connectivity index (χ1) is 6.88. The summed E-state index contributed by atoms with van der Waals surface area (Å²) in [6.45, 7) is 9.08. The lowest BCUT2D eigenvalue weighted by Crippen LogP contribution is -2.41. The van der Waals surface area contributed by atoms with Crippen molar-refractivity contribution >= 4 is 5.91 Å². The van der Waals surface area contributed by atoms with E-state index in [9.17, 15) is 4.79 Å². The highest BCUT2D eigenvalue weighted by atomic mass is 16.5. The molecule has 1 N–H and O–H groups in total. The summed E-state index contributed by atoms with van der Waals surface area (Å²) in [4.78, 5) is 11.7. The molecular weight excluding hydrogens is 190 g/mol. The van der Waals surface area contributed by atoms with Crippen molar-refractivity contribution in [2.75, 3.05) is 6.61 Å². The summed E-state index contributed by atoms with van der Waals surface area (Å²) in [5.41, 5.74) is 0.0559. The van der Waals surface area contributed by atoms with Crippen LogP contribution in [-0.4, -0.2) is 24.7 Å². The molecule has 2 atom stereocenters. The van der Waals surface area contributed by atoms with Crippen molar-refractivity contribution in [3.63, 3.8) is 0 Å². The molecule has 0 aromatic carbocycles. The molecule has 1 aliphatic rings. The zero-order valence-corrected chi connectivity index (χ0v) is 10.3. The number of hydrogen-bond acceptors (Lipinski definition) is 2.